The zero-order valence-corrected chi connectivity index (χ0v) is 14.4. The average molecular weight is 333 g/mol. The van der Waals surface area contributed by atoms with Crippen LogP contribution in [0.2, 0.25) is 0 Å². The van der Waals surface area contributed by atoms with Crippen molar-refractivity contribution in [1.29, 1.82) is 0 Å². The Labute approximate surface area is 130 Å². The Hall–Kier alpha value is -0.570. The van der Waals surface area contributed by atoms with E-state index in [9.17, 15) is 8.42 Å². The molecule has 0 spiro atoms. The minimum atomic E-state index is -3.50. The summed E-state index contributed by atoms with van der Waals surface area (Å²) in [5.74, 6) is 1.66. The minimum Gasteiger partial charge on any atom is -0.396 e. The quantitative estimate of drug-likeness (QED) is 0.870. The van der Waals surface area contributed by atoms with E-state index in [0.717, 1.165) is 11.5 Å². The molecule has 0 saturated carbocycles. The summed E-state index contributed by atoms with van der Waals surface area (Å²) in [4.78, 5) is 0.333. The smallest absolute Gasteiger partial charge is 0.247 e. The fourth-order valence-corrected chi connectivity index (χ4v) is 5.91. The Kier molecular flexibility index (Phi) is 5.34. The average Bonchev–Trinajstić information content (AvgIpc) is 2.71. The lowest BCUT2D eigenvalue weighted by Crippen LogP contribution is -2.44. The molecule has 1 aromatic rings. The second-order valence-electron chi connectivity index (χ2n) is 5.34. The molecule has 0 bridgehead atoms. The molecule has 1 fully saturated rings. The van der Waals surface area contributed by atoms with Gasteiger partial charge in [-0.15, -0.1) is 0 Å². The Morgan fingerprint density at radius 1 is 1.43 bits per heavy atom. The van der Waals surface area contributed by atoms with Gasteiger partial charge in [-0.1, -0.05) is 0 Å². The van der Waals surface area contributed by atoms with Crippen LogP contribution in [0.3, 0.4) is 0 Å². The van der Waals surface area contributed by atoms with Gasteiger partial charge in [0.15, 0.2) is 0 Å². The van der Waals surface area contributed by atoms with E-state index in [1.807, 2.05) is 6.92 Å². The molecular weight excluding hydrogens is 310 g/mol. The maximum absolute atomic E-state index is 12.9. The van der Waals surface area contributed by atoms with E-state index in [1.165, 1.54) is 0 Å². The van der Waals surface area contributed by atoms with Gasteiger partial charge in [0.1, 0.15) is 4.90 Å². The number of hydrogen-bond acceptors (Lipinski definition) is 5. The number of hydrogen-bond donors (Lipinski definition) is 1. The summed E-state index contributed by atoms with van der Waals surface area (Å²) in [7, 11) is -3.50. The van der Waals surface area contributed by atoms with Crippen LogP contribution in [0.4, 0.5) is 0 Å². The van der Waals surface area contributed by atoms with Crippen molar-refractivity contribution in [3.63, 3.8) is 0 Å². The van der Waals surface area contributed by atoms with Gasteiger partial charge in [0, 0.05) is 37.2 Å². The lowest BCUT2D eigenvalue weighted by molar-refractivity contribution is 0.276. The van der Waals surface area contributed by atoms with Gasteiger partial charge in [0.25, 0.3) is 0 Å². The molecule has 1 atom stereocenters. The van der Waals surface area contributed by atoms with E-state index in [4.69, 9.17) is 5.11 Å². The molecule has 21 heavy (non-hydrogen) atoms. The van der Waals surface area contributed by atoms with E-state index < -0.39 is 10.0 Å². The molecule has 8 heteroatoms. The maximum Gasteiger partial charge on any atom is 0.247 e. The molecule has 0 aromatic carbocycles. The second-order valence-corrected chi connectivity index (χ2v) is 8.32. The summed E-state index contributed by atoms with van der Waals surface area (Å²) in [5, 5.41) is 13.3. The second kappa shape index (κ2) is 6.68. The summed E-state index contributed by atoms with van der Waals surface area (Å²) >= 11 is 1.79. The van der Waals surface area contributed by atoms with Crippen molar-refractivity contribution < 1.29 is 13.5 Å². The molecule has 0 aliphatic carbocycles. The predicted octanol–water partition coefficient (Wildman–Crippen LogP) is 1.01. The zero-order valence-electron chi connectivity index (χ0n) is 12.7. The summed E-state index contributed by atoms with van der Waals surface area (Å²) in [6.45, 7) is 6.62. The SMILES string of the molecule is Cc1nn(CCCO)c(C)c1S(=O)(=O)N1CCSCC1C. The third-order valence-electron chi connectivity index (χ3n) is 3.72. The van der Waals surface area contributed by atoms with Crippen LogP contribution in [0.25, 0.3) is 0 Å². The van der Waals surface area contributed by atoms with E-state index in [2.05, 4.69) is 5.10 Å². The molecule has 0 amide bonds. The first-order chi connectivity index (χ1) is 9.89. The predicted molar refractivity (Wildman–Crippen MR) is 84.1 cm³/mol. The van der Waals surface area contributed by atoms with Gasteiger partial charge in [-0.25, -0.2) is 8.42 Å². The fraction of sp³-hybridized carbons (Fsp3) is 0.769. The van der Waals surface area contributed by atoms with E-state index in [0.29, 0.717) is 35.8 Å². The molecule has 2 rings (SSSR count). The maximum atomic E-state index is 12.9. The van der Waals surface area contributed by atoms with Crippen molar-refractivity contribution in [2.45, 2.75) is 44.7 Å². The van der Waals surface area contributed by atoms with Crippen molar-refractivity contribution in [2.24, 2.45) is 0 Å². The number of rotatable bonds is 5. The first-order valence-corrected chi connectivity index (χ1v) is 9.73. The molecule has 1 unspecified atom stereocenters. The lowest BCUT2D eigenvalue weighted by atomic mass is 10.4. The summed E-state index contributed by atoms with van der Waals surface area (Å²) in [6.07, 6.45) is 0.568. The molecule has 1 aliphatic rings. The molecule has 2 heterocycles. The minimum absolute atomic E-state index is 0.00772. The van der Waals surface area contributed by atoms with Crippen LogP contribution in [0.1, 0.15) is 24.7 Å². The number of thioether (sulfide) groups is 1. The zero-order chi connectivity index (χ0) is 15.6. The van der Waals surface area contributed by atoms with E-state index in [-0.39, 0.29) is 12.6 Å². The summed E-state index contributed by atoms with van der Waals surface area (Å²) < 4.78 is 29.2. The van der Waals surface area contributed by atoms with Crippen LogP contribution < -0.4 is 0 Å². The van der Waals surface area contributed by atoms with Crippen LogP contribution in [-0.2, 0) is 16.6 Å². The van der Waals surface area contributed by atoms with Crippen LogP contribution in [-0.4, -0.2) is 58.3 Å². The number of aliphatic hydroxyl groups excluding tert-OH is 1. The third kappa shape index (κ3) is 3.28. The number of nitrogens with zero attached hydrogens (tertiary/aromatic N) is 3. The summed E-state index contributed by atoms with van der Waals surface area (Å²) in [5.41, 5.74) is 1.20. The van der Waals surface area contributed by atoms with E-state index >= 15 is 0 Å². The van der Waals surface area contributed by atoms with Gasteiger partial charge in [-0.3, -0.25) is 4.68 Å². The monoisotopic (exact) mass is 333 g/mol. The molecule has 1 saturated heterocycles. The highest BCUT2D eigenvalue weighted by molar-refractivity contribution is 7.99. The highest BCUT2D eigenvalue weighted by atomic mass is 32.2. The molecule has 1 aromatic heterocycles. The van der Waals surface area contributed by atoms with Gasteiger partial charge in [-0.05, 0) is 27.2 Å². The third-order valence-corrected chi connectivity index (χ3v) is 7.17. The van der Waals surface area contributed by atoms with Crippen LogP contribution in [0.15, 0.2) is 4.90 Å². The number of aromatic nitrogens is 2. The molecule has 6 nitrogen and oxygen atoms in total. The molecule has 1 N–H and O–H groups in total. The molecule has 0 radical (unpaired) electrons. The normalized spacial score (nSPS) is 20.9. The van der Waals surface area contributed by atoms with Crippen LogP contribution in [0.5, 0.6) is 0 Å². The van der Waals surface area contributed by atoms with Crippen molar-refractivity contribution >= 4 is 21.8 Å². The Bertz CT molecular complexity index is 598. The molecule has 120 valence electrons. The number of aryl methyl sites for hydroxylation is 2. The highest BCUT2D eigenvalue weighted by Gasteiger charge is 2.35. The van der Waals surface area contributed by atoms with Gasteiger partial charge >= 0.3 is 0 Å². The molecular formula is C13H23N3O3S2. The largest absolute Gasteiger partial charge is 0.396 e. The fourth-order valence-electron chi connectivity index (χ4n) is 2.68. The highest BCUT2D eigenvalue weighted by Crippen LogP contribution is 2.28. The topological polar surface area (TPSA) is 75.4 Å². The van der Waals surface area contributed by atoms with Gasteiger partial charge < -0.3 is 5.11 Å². The van der Waals surface area contributed by atoms with Gasteiger partial charge in [-0.2, -0.15) is 21.2 Å². The van der Waals surface area contributed by atoms with Crippen molar-refractivity contribution in [1.82, 2.24) is 14.1 Å². The summed E-state index contributed by atoms with van der Waals surface area (Å²) in [6, 6.07) is 0.00772. The molecule has 1 aliphatic heterocycles. The van der Waals surface area contributed by atoms with Gasteiger partial charge in [0.05, 0.1) is 11.4 Å². The van der Waals surface area contributed by atoms with Crippen molar-refractivity contribution in [2.75, 3.05) is 24.7 Å². The lowest BCUT2D eigenvalue weighted by Gasteiger charge is -2.32. The number of aliphatic hydroxyl groups is 1. The Morgan fingerprint density at radius 2 is 2.14 bits per heavy atom. The Balaban J connectivity index is 2.38. The van der Waals surface area contributed by atoms with Gasteiger partial charge in [0.2, 0.25) is 10.0 Å². The Morgan fingerprint density at radius 3 is 2.76 bits per heavy atom. The number of sulfonamides is 1. The van der Waals surface area contributed by atoms with Crippen LogP contribution >= 0.6 is 11.8 Å². The van der Waals surface area contributed by atoms with Crippen LogP contribution in [0, 0.1) is 13.8 Å². The first-order valence-electron chi connectivity index (χ1n) is 7.14. The first kappa shape index (κ1) is 16.8. The van der Waals surface area contributed by atoms with E-state index in [1.54, 1.807) is 34.6 Å². The van der Waals surface area contributed by atoms with Crippen molar-refractivity contribution in [3.8, 4) is 0 Å². The van der Waals surface area contributed by atoms with Crippen molar-refractivity contribution in [3.05, 3.63) is 11.4 Å². The standard InChI is InChI=1S/C13H23N3O3S2/c1-10-9-20-8-6-16(10)21(18,19)13-11(2)14-15(12(13)3)5-4-7-17/h10,17H,4-9H2,1-3H3.